The maximum absolute atomic E-state index is 9.56. The molecule has 0 bridgehead atoms. The summed E-state index contributed by atoms with van der Waals surface area (Å²) >= 11 is 0. The van der Waals surface area contributed by atoms with Crippen molar-refractivity contribution in [3.8, 4) is 5.75 Å². The van der Waals surface area contributed by atoms with E-state index in [1.807, 2.05) is 24.3 Å². The van der Waals surface area contributed by atoms with E-state index in [-0.39, 0.29) is 12.6 Å². The van der Waals surface area contributed by atoms with E-state index in [2.05, 4.69) is 10.2 Å². The Balaban J connectivity index is 2.10. The fourth-order valence-corrected chi connectivity index (χ4v) is 2.25. The molecule has 2 rings (SSSR count). The van der Waals surface area contributed by atoms with Gasteiger partial charge in [0.15, 0.2) is 0 Å². The molecule has 2 N–H and O–H groups in total. The normalized spacial score (nSPS) is 18.9. The first-order chi connectivity index (χ1) is 8.35. The van der Waals surface area contributed by atoms with E-state index in [0.717, 1.165) is 37.5 Å². The third-order valence-electron chi connectivity index (χ3n) is 3.27. The van der Waals surface area contributed by atoms with Crippen molar-refractivity contribution in [1.82, 2.24) is 10.2 Å². The zero-order valence-electron chi connectivity index (χ0n) is 10.2. The van der Waals surface area contributed by atoms with Gasteiger partial charge >= 0.3 is 0 Å². The minimum absolute atomic E-state index is 0.100. The highest BCUT2D eigenvalue weighted by molar-refractivity contribution is 5.29. The number of benzene rings is 1. The van der Waals surface area contributed by atoms with E-state index in [4.69, 9.17) is 4.74 Å². The summed E-state index contributed by atoms with van der Waals surface area (Å²) < 4.78 is 5.14. The Labute approximate surface area is 102 Å². The predicted molar refractivity (Wildman–Crippen MR) is 67.3 cm³/mol. The zero-order valence-corrected chi connectivity index (χ0v) is 10.2. The highest BCUT2D eigenvalue weighted by atomic mass is 16.5. The molecule has 4 heteroatoms. The number of nitrogens with zero attached hydrogens (tertiary/aromatic N) is 1. The highest BCUT2D eigenvalue weighted by Crippen LogP contribution is 2.22. The van der Waals surface area contributed by atoms with Crippen LogP contribution in [0, 0.1) is 0 Å². The number of rotatable bonds is 4. The highest BCUT2D eigenvalue weighted by Gasteiger charge is 2.21. The summed E-state index contributed by atoms with van der Waals surface area (Å²) in [6.45, 7) is 4.11. The molecule has 1 aromatic rings. The minimum atomic E-state index is 0.100. The number of piperazine rings is 1. The average molecular weight is 236 g/mol. The van der Waals surface area contributed by atoms with Crippen molar-refractivity contribution >= 4 is 0 Å². The second-order valence-electron chi connectivity index (χ2n) is 4.26. The van der Waals surface area contributed by atoms with Gasteiger partial charge in [-0.15, -0.1) is 0 Å². The predicted octanol–water partition coefficient (Wildman–Crippen LogP) is 0.634. The number of nitrogens with one attached hydrogen (secondary N) is 1. The standard InChI is InChI=1S/C13H20N2O2/c1-17-12-4-2-11(3-5-12)13(10-16)15-8-6-14-7-9-15/h2-5,13-14,16H,6-10H2,1H3. The first-order valence-corrected chi connectivity index (χ1v) is 6.04. The van der Waals surface area contributed by atoms with Gasteiger partial charge in [-0.3, -0.25) is 4.90 Å². The molecule has 0 saturated carbocycles. The summed E-state index contributed by atoms with van der Waals surface area (Å²) in [6, 6.07) is 8.05. The molecule has 1 aliphatic rings. The Kier molecular flexibility index (Phi) is 4.36. The fourth-order valence-electron chi connectivity index (χ4n) is 2.25. The lowest BCUT2D eigenvalue weighted by atomic mass is 10.1. The van der Waals surface area contributed by atoms with Crippen molar-refractivity contribution in [2.75, 3.05) is 39.9 Å². The molecule has 1 unspecified atom stereocenters. The average Bonchev–Trinajstić information content (AvgIpc) is 2.42. The molecule has 1 atom stereocenters. The quantitative estimate of drug-likeness (QED) is 0.805. The van der Waals surface area contributed by atoms with Gasteiger partial charge in [-0.05, 0) is 17.7 Å². The SMILES string of the molecule is COc1ccc(C(CO)N2CCNCC2)cc1. The molecule has 17 heavy (non-hydrogen) atoms. The van der Waals surface area contributed by atoms with Gasteiger partial charge in [-0.1, -0.05) is 12.1 Å². The smallest absolute Gasteiger partial charge is 0.118 e. The first-order valence-electron chi connectivity index (χ1n) is 6.04. The zero-order chi connectivity index (χ0) is 12.1. The van der Waals surface area contributed by atoms with Crippen LogP contribution in [0.1, 0.15) is 11.6 Å². The van der Waals surface area contributed by atoms with Gasteiger partial charge in [0, 0.05) is 26.2 Å². The van der Waals surface area contributed by atoms with Crippen LogP contribution in [0.5, 0.6) is 5.75 Å². The van der Waals surface area contributed by atoms with Crippen LogP contribution in [0.25, 0.3) is 0 Å². The van der Waals surface area contributed by atoms with Crippen LogP contribution >= 0.6 is 0 Å². The molecule has 1 heterocycles. The number of hydrogen-bond donors (Lipinski definition) is 2. The molecule has 94 valence electrons. The lowest BCUT2D eigenvalue weighted by molar-refractivity contribution is 0.111. The van der Waals surface area contributed by atoms with E-state index in [0.29, 0.717) is 0 Å². The van der Waals surface area contributed by atoms with Gasteiger partial charge < -0.3 is 15.2 Å². The van der Waals surface area contributed by atoms with Crippen molar-refractivity contribution in [3.05, 3.63) is 29.8 Å². The largest absolute Gasteiger partial charge is 0.497 e. The molecular formula is C13H20N2O2. The Bertz CT molecular complexity index is 334. The van der Waals surface area contributed by atoms with Gasteiger partial charge in [0.1, 0.15) is 5.75 Å². The molecule has 0 aliphatic carbocycles. The number of aliphatic hydroxyl groups is 1. The second-order valence-corrected chi connectivity index (χ2v) is 4.26. The summed E-state index contributed by atoms with van der Waals surface area (Å²) in [4.78, 5) is 2.32. The summed E-state index contributed by atoms with van der Waals surface area (Å²) in [5.41, 5.74) is 1.15. The molecule has 1 aliphatic heterocycles. The minimum Gasteiger partial charge on any atom is -0.497 e. The van der Waals surface area contributed by atoms with E-state index in [1.165, 1.54) is 0 Å². The molecule has 4 nitrogen and oxygen atoms in total. The molecule has 0 spiro atoms. The van der Waals surface area contributed by atoms with Crippen LogP contribution in [0.2, 0.25) is 0 Å². The molecule has 0 radical (unpaired) electrons. The molecular weight excluding hydrogens is 216 g/mol. The Morgan fingerprint density at radius 3 is 2.47 bits per heavy atom. The Hall–Kier alpha value is -1.10. The summed E-state index contributed by atoms with van der Waals surface area (Å²) in [6.07, 6.45) is 0. The van der Waals surface area contributed by atoms with Gasteiger partial charge in [-0.25, -0.2) is 0 Å². The monoisotopic (exact) mass is 236 g/mol. The number of ether oxygens (including phenoxy) is 1. The Morgan fingerprint density at radius 1 is 1.29 bits per heavy atom. The van der Waals surface area contributed by atoms with Gasteiger partial charge in [-0.2, -0.15) is 0 Å². The summed E-state index contributed by atoms with van der Waals surface area (Å²) in [5.74, 6) is 0.853. The lowest BCUT2D eigenvalue weighted by Gasteiger charge is -2.34. The van der Waals surface area contributed by atoms with Crippen molar-refractivity contribution in [1.29, 1.82) is 0 Å². The third-order valence-corrected chi connectivity index (χ3v) is 3.27. The molecule has 1 fully saturated rings. The van der Waals surface area contributed by atoms with E-state index in [1.54, 1.807) is 7.11 Å². The van der Waals surface area contributed by atoms with Gasteiger partial charge in [0.2, 0.25) is 0 Å². The summed E-state index contributed by atoms with van der Waals surface area (Å²) in [7, 11) is 1.66. The first kappa shape index (κ1) is 12.4. The van der Waals surface area contributed by atoms with Crippen LogP contribution in [0.4, 0.5) is 0 Å². The fraction of sp³-hybridized carbons (Fsp3) is 0.538. The van der Waals surface area contributed by atoms with Crippen molar-refractivity contribution in [2.24, 2.45) is 0 Å². The third kappa shape index (κ3) is 2.97. The van der Waals surface area contributed by atoms with Crippen LogP contribution < -0.4 is 10.1 Å². The van der Waals surface area contributed by atoms with Crippen LogP contribution in [0.3, 0.4) is 0 Å². The van der Waals surface area contributed by atoms with Crippen LogP contribution in [-0.4, -0.2) is 49.9 Å². The van der Waals surface area contributed by atoms with E-state index < -0.39 is 0 Å². The molecule has 1 aromatic carbocycles. The lowest BCUT2D eigenvalue weighted by Crippen LogP contribution is -2.46. The maximum Gasteiger partial charge on any atom is 0.118 e. The van der Waals surface area contributed by atoms with E-state index in [9.17, 15) is 5.11 Å². The Morgan fingerprint density at radius 2 is 1.94 bits per heavy atom. The van der Waals surface area contributed by atoms with Gasteiger partial charge in [0.05, 0.1) is 19.8 Å². The maximum atomic E-state index is 9.56. The van der Waals surface area contributed by atoms with Crippen LogP contribution in [0.15, 0.2) is 24.3 Å². The second kappa shape index (κ2) is 6.00. The number of methoxy groups -OCH3 is 1. The molecule has 0 aromatic heterocycles. The molecule has 0 amide bonds. The summed E-state index contributed by atoms with van der Waals surface area (Å²) in [5, 5.41) is 12.9. The topological polar surface area (TPSA) is 44.7 Å². The van der Waals surface area contributed by atoms with Crippen LogP contribution in [-0.2, 0) is 0 Å². The number of hydrogen-bond acceptors (Lipinski definition) is 4. The van der Waals surface area contributed by atoms with E-state index >= 15 is 0 Å². The number of aliphatic hydroxyl groups excluding tert-OH is 1. The molecule has 1 saturated heterocycles. The van der Waals surface area contributed by atoms with Gasteiger partial charge in [0.25, 0.3) is 0 Å². The van der Waals surface area contributed by atoms with Crippen molar-refractivity contribution < 1.29 is 9.84 Å². The van der Waals surface area contributed by atoms with Crippen molar-refractivity contribution in [3.63, 3.8) is 0 Å². The van der Waals surface area contributed by atoms with Crippen molar-refractivity contribution in [2.45, 2.75) is 6.04 Å².